The largest absolute Gasteiger partial charge is 0.338 e. The molecule has 1 atom stereocenters. The van der Waals surface area contributed by atoms with Gasteiger partial charge in [-0.3, -0.25) is 0 Å². The predicted molar refractivity (Wildman–Crippen MR) is 69.0 cm³/mol. The first-order valence-corrected chi connectivity index (χ1v) is 6.25. The molecular weight excluding hydrogens is 233 g/mol. The van der Waals surface area contributed by atoms with E-state index in [1.165, 1.54) is 12.1 Å². The van der Waals surface area contributed by atoms with Crippen LogP contribution < -0.4 is 16.0 Å². The van der Waals surface area contributed by atoms with Gasteiger partial charge in [0.05, 0.1) is 0 Å². The highest BCUT2D eigenvalue weighted by Crippen LogP contribution is 2.10. The molecule has 0 aromatic heterocycles. The van der Waals surface area contributed by atoms with Crippen molar-refractivity contribution in [2.45, 2.75) is 12.8 Å². The van der Waals surface area contributed by atoms with Gasteiger partial charge >= 0.3 is 6.03 Å². The number of benzene rings is 1. The molecule has 0 radical (unpaired) electrons. The van der Waals surface area contributed by atoms with Gasteiger partial charge in [-0.05, 0) is 50.0 Å². The first-order valence-electron chi connectivity index (χ1n) is 6.25. The van der Waals surface area contributed by atoms with Crippen LogP contribution in [0.2, 0.25) is 0 Å². The maximum atomic E-state index is 12.9. The molecule has 18 heavy (non-hydrogen) atoms. The van der Waals surface area contributed by atoms with Crippen LogP contribution in [0.4, 0.5) is 14.9 Å². The van der Waals surface area contributed by atoms with E-state index in [4.69, 9.17) is 0 Å². The summed E-state index contributed by atoms with van der Waals surface area (Å²) >= 11 is 0. The van der Waals surface area contributed by atoms with Crippen LogP contribution in [-0.4, -0.2) is 25.7 Å². The minimum absolute atomic E-state index is 0.286. The molecule has 5 heteroatoms. The molecule has 0 bridgehead atoms. The van der Waals surface area contributed by atoms with Crippen LogP contribution in [0.3, 0.4) is 0 Å². The number of halogens is 1. The van der Waals surface area contributed by atoms with Gasteiger partial charge in [-0.15, -0.1) is 0 Å². The molecule has 1 aliphatic heterocycles. The SMILES string of the molecule is O=C(NC[C@@H]1CCCNC1)Nc1cccc(F)c1. The fourth-order valence-corrected chi connectivity index (χ4v) is 2.08. The Morgan fingerprint density at radius 3 is 3.11 bits per heavy atom. The highest BCUT2D eigenvalue weighted by atomic mass is 19.1. The second-order valence-corrected chi connectivity index (χ2v) is 4.56. The Hall–Kier alpha value is -1.62. The number of carbonyl (C=O) groups is 1. The van der Waals surface area contributed by atoms with Crippen LogP contribution in [0.25, 0.3) is 0 Å². The third kappa shape index (κ3) is 4.00. The topological polar surface area (TPSA) is 53.2 Å². The Bertz CT molecular complexity index is 405. The van der Waals surface area contributed by atoms with Crippen molar-refractivity contribution in [2.75, 3.05) is 25.0 Å². The van der Waals surface area contributed by atoms with Crippen LogP contribution >= 0.6 is 0 Å². The zero-order chi connectivity index (χ0) is 12.8. The average Bonchev–Trinajstić information content (AvgIpc) is 2.38. The molecule has 1 fully saturated rings. The Morgan fingerprint density at radius 2 is 2.39 bits per heavy atom. The quantitative estimate of drug-likeness (QED) is 0.769. The summed E-state index contributed by atoms with van der Waals surface area (Å²) in [5.41, 5.74) is 0.467. The highest BCUT2D eigenvalue weighted by Gasteiger charge is 2.13. The second kappa shape index (κ2) is 6.35. The first-order chi connectivity index (χ1) is 8.74. The highest BCUT2D eigenvalue weighted by molar-refractivity contribution is 5.89. The van der Waals surface area contributed by atoms with Gasteiger partial charge in [-0.25, -0.2) is 9.18 Å². The Labute approximate surface area is 106 Å². The van der Waals surface area contributed by atoms with Gasteiger partial charge in [0, 0.05) is 12.2 Å². The number of hydrogen-bond acceptors (Lipinski definition) is 2. The maximum absolute atomic E-state index is 12.9. The molecule has 0 saturated carbocycles. The fourth-order valence-electron chi connectivity index (χ4n) is 2.08. The third-order valence-electron chi connectivity index (χ3n) is 3.03. The van der Waals surface area contributed by atoms with Crippen molar-refractivity contribution in [3.63, 3.8) is 0 Å². The molecule has 0 aliphatic carbocycles. The summed E-state index contributed by atoms with van der Waals surface area (Å²) in [6, 6.07) is 5.57. The summed E-state index contributed by atoms with van der Waals surface area (Å²) in [5.74, 6) is 0.126. The number of amides is 2. The molecule has 2 rings (SSSR count). The third-order valence-corrected chi connectivity index (χ3v) is 3.03. The van der Waals surface area contributed by atoms with Crippen molar-refractivity contribution >= 4 is 11.7 Å². The molecule has 1 saturated heterocycles. The predicted octanol–water partition coefficient (Wildman–Crippen LogP) is 1.95. The van der Waals surface area contributed by atoms with Crippen LogP contribution in [-0.2, 0) is 0 Å². The lowest BCUT2D eigenvalue weighted by Crippen LogP contribution is -2.39. The van der Waals surface area contributed by atoms with E-state index in [-0.39, 0.29) is 11.8 Å². The zero-order valence-electron chi connectivity index (χ0n) is 10.2. The minimum atomic E-state index is -0.357. The van der Waals surface area contributed by atoms with Gasteiger partial charge < -0.3 is 16.0 Å². The maximum Gasteiger partial charge on any atom is 0.319 e. The number of hydrogen-bond donors (Lipinski definition) is 3. The summed E-state index contributed by atoms with van der Waals surface area (Å²) in [6.07, 6.45) is 2.28. The van der Waals surface area contributed by atoms with Gasteiger partial charge in [0.15, 0.2) is 0 Å². The van der Waals surface area contributed by atoms with Crippen molar-refractivity contribution in [3.8, 4) is 0 Å². The van der Waals surface area contributed by atoms with Gasteiger partial charge in [-0.1, -0.05) is 6.07 Å². The van der Waals surface area contributed by atoms with Gasteiger partial charge in [0.2, 0.25) is 0 Å². The van der Waals surface area contributed by atoms with Crippen molar-refractivity contribution in [1.82, 2.24) is 10.6 Å². The molecule has 2 amide bonds. The molecule has 3 N–H and O–H groups in total. The lowest BCUT2D eigenvalue weighted by molar-refractivity contribution is 0.248. The van der Waals surface area contributed by atoms with Crippen LogP contribution in [0, 0.1) is 11.7 Å². The Morgan fingerprint density at radius 1 is 1.50 bits per heavy atom. The number of piperidine rings is 1. The van der Waals surface area contributed by atoms with Crippen LogP contribution in [0.5, 0.6) is 0 Å². The lowest BCUT2D eigenvalue weighted by atomic mass is 10.00. The summed E-state index contributed by atoms with van der Waals surface area (Å²) in [5, 5.41) is 8.71. The molecule has 98 valence electrons. The summed E-state index contributed by atoms with van der Waals surface area (Å²) in [6.45, 7) is 2.65. The molecule has 1 heterocycles. The molecule has 0 spiro atoms. The van der Waals surface area contributed by atoms with Crippen molar-refractivity contribution in [1.29, 1.82) is 0 Å². The summed E-state index contributed by atoms with van der Waals surface area (Å²) in [4.78, 5) is 11.6. The number of rotatable bonds is 3. The molecular formula is C13H18FN3O. The van der Waals surface area contributed by atoms with E-state index >= 15 is 0 Å². The van der Waals surface area contributed by atoms with Crippen molar-refractivity contribution < 1.29 is 9.18 Å². The Balaban J connectivity index is 1.74. The van der Waals surface area contributed by atoms with Gasteiger partial charge in [0.1, 0.15) is 5.82 Å². The molecule has 1 aromatic carbocycles. The van der Waals surface area contributed by atoms with Crippen molar-refractivity contribution in [2.24, 2.45) is 5.92 Å². The normalized spacial score (nSPS) is 19.3. The van der Waals surface area contributed by atoms with Gasteiger partial charge in [-0.2, -0.15) is 0 Å². The van der Waals surface area contributed by atoms with E-state index in [1.807, 2.05) is 0 Å². The smallest absolute Gasteiger partial charge is 0.319 e. The van der Waals surface area contributed by atoms with E-state index in [0.717, 1.165) is 25.9 Å². The molecule has 0 unspecified atom stereocenters. The van der Waals surface area contributed by atoms with Crippen LogP contribution in [0.15, 0.2) is 24.3 Å². The van der Waals surface area contributed by atoms with E-state index in [0.29, 0.717) is 18.2 Å². The minimum Gasteiger partial charge on any atom is -0.338 e. The van der Waals surface area contributed by atoms with E-state index in [1.54, 1.807) is 12.1 Å². The summed E-state index contributed by atoms with van der Waals surface area (Å²) in [7, 11) is 0. The monoisotopic (exact) mass is 251 g/mol. The molecule has 4 nitrogen and oxygen atoms in total. The molecule has 1 aromatic rings. The van der Waals surface area contributed by atoms with E-state index in [9.17, 15) is 9.18 Å². The summed E-state index contributed by atoms with van der Waals surface area (Å²) < 4.78 is 12.9. The van der Waals surface area contributed by atoms with Crippen LogP contribution in [0.1, 0.15) is 12.8 Å². The van der Waals surface area contributed by atoms with Crippen molar-refractivity contribution in [3.05, 3.63) is 30.1 Å². The first kappa shape index (κ1) is 12.8. The standard InChI is InChI=1S/C13H18FN3O/c14-11-4-1-5-12(7-11)17-13(18)16-9-10-3-2-6-15-8-10/h1,4-5,7,10,15H,2-3,6,8-9H2,(H2,16,17,18)/t10-/m1/s1. The van der Waals surface area contributed by atoms with Gasteiger partial charge in [0.25, 0.3) is 0 Å². The van der Waals surface area contributed by atoms with E-state index < -0.39 is 0 Å². The lowest BCUT2D eigenvalue weighted by Gasteiger charge is -2.22. The average molecular weight is 251 g/mol. The zero-order valence-corrected chi connectivity index (χ0v) is 10.2. The number of carbonyl (C=O) groups excluding carboxylic acids is 1. The van der Waals surface area contributed by atoms with E-state index in [2.05, 4.69) is 16.0 Å². The number of nitrogens with one attached hydrogen (secondary N) is 3. The fraction of sp³-hybridized carbons (Fsp3) is 0.462. The second-order valence-electron chi connectivity index (χ2n) is 4.56. The molecule has 1 aliphatic rings. The number of anilines is 1. The number of urea groups is 1. The Kier molecular flexibility index (Phi) is 4.52.